The van der Waals surface area contributed by atoms with E-state index < -0.39 is 57.5 Å². The fraction of sp³-hybridized carbons (Fsp3) is 0.375. The molecule has 0 aliphatic heterocycles. The van der Waals surface area contributed by atoms with E-state index in [4.69, 9.17) is 18.8 Å². The van der Waals surface area contributed by atoms with E-state index in [-0.39, 0.29) is 30.4 Å². The molecule has 0 saturated heterocycles. The van der Waals surface area contributed by atoms with Gasteiger partial charge < -0.3 is 14.2 Å². The summed E-state index contributed by atoms with van der Waals surface area (Å²) in [5, 5.41) is -4.76. The van der Waals surface area contributed by atoms with Gasteiger partial charge in [0, 0.05) is 27.8 Å². The van der Waals surface area contributed by atoms with E-state index in [1.165, 1.54) is 0 Å². The second-order valence-corrected chi connectivity index (χ2v) is 17.5. The first-order valence-corrected chi connectivity index (χ1v) is 19.5. The number of hydrogen-bond acceptors (Lipinski definition) is 8. The van der Waals surface area contributed by atoms with Gasteiger partial charge in [0.15, 0.2) is 6.10 Å². The summed E-state index contributed by atoms with van der Waals surface area (Å²) >= 11 is 12.3. The Labute approximate surface area is 321 Å². The predicted octanol–water partition coefficient (Wildman–Crippen LogP) is 7.28. The maximum Gasteiger partial charge on any atom is 0.405 e. The normalized spacial score (nSPS) is 20.0. The largest absolute Gasteiger partial charge is 0.459 e. The maximum atomic E-state index is 14.1. The van der Waals surface area contributed by atoms with Crippen molar-refractivity contribution < 1.29 is 50.3 Å². The van der Waals surface area contributed by atoms with Gasteiger partial charge in [-0.1, -0.05) is 0 Å². The van der Waals surface area contributed by atoms with Crippen LogP contribution in [0.1, 0.15) is 46.9 Å². The molecule has 1 N–H and O–H groups in total. The van der Waals surface area contributed by atoms with Gasteiger partial charge in [0.2, 0.25) is 0 Å². The lowest BCUT2D eigenvalue weighted by Crippen LogP contribution is -2.45. The highest BCUT2D eigenvalue weighted by Gasteiger charge is 2.52. The van der Waals surface area contributed by atoms with Gasteiger partial charge in [-0.3, -0.25) is 9.35 Å². The zero-order valence-corrected chi connectivity index (χ0v) is 34.6. The molecule has 0 spiro atoms. The zero-order chi connectivity index (χ0) is 31.7. The minimum absolute atomic E-state index is 0.0210. The Bertz CT molecular complexity index is 1440. The molecular formula is C24H18F2I6O9S. The molecular weight excluding hydrogens is 1260 g/mol. The highest BCUT2D eigenvalue weighted by atomic mass is 127. The van der Waals surface area contributed by atoms with Crippen LogP contribution in [-0.4, -0.2) is 54.4 Å². The molecule has 1 aliphatic rings. The van der Waals surface area contributed by atoms with Crippen LogP contribution in [0.4, 0.5) is 8.78 Å². The van der Waals surface area contributed by atoms with Gasteiger partial charge in [0.25, 0.3) is 0 Å². The van der Waals surface area contributed by atoms with E-state index in [9.17, 15) is 31.6 Å². The number of carbonyl (C=O) groups excluding carboxylic acids is 3. The molecule has 2 aromatic carbocycles. The fourth-order valence-corrected chi connectivity index (χ4v) is 9.21. The van der Waals surface area contributed by atoms with Crippen LogP contribution in [-0.2, 0) is 29.1 Å². The van der Waals surface area contributed by atoms with Crippen molar-refractivity contribution in [3.05, 3.63) is 56.8 Å². The van der Waals surface area contributed by atoms with Crippen LogP contribution in [0.5, 0.6) is 0 Å². The maximum absolute atomic E-state index is 14.1. The average Bonchev–Trinajstić information content (AvgIpc) is 2.87. The SMILES string of the molecule is CC(OC(=O)C1CC(OC(=O)c2cc(I)cc(I)c2I)CC(OC(=O)c2cc(I)cc(I)c2I)C1)C(F)(F)S(=O)(=O)O. The number of carbonyl (C=O) groups is 3. The summed E-state index contributed by atoms with van der Waals surface area (Å²) in [5.41, 5.74) is 0.573. The Balaban J connectivity index is 1.88. The standard InChI is InChI=1S/C24H18F2I6O9S/c1-9(24(25,26)42(36,37)38)39-21(33)10-2-13(40-22(34)15-4-11(27)6-17(29)19(15)31)8-14(3-10)41-23(35)16-5-12(28)7-18(30)20(16)32/h4-7,9-10,13-14H,2-3,8H2,1H3,(H,36,37,38). The number of rotatable bonds is 8. The minimum Gasteiger partial charge on any atom is -0.459 e. The molecule has 42 heavy (non-hydrogen) atoms. The third-order valence-corrected chi connectivity index (χ3v) is 14.4. The first kappa shape index (κ1) is 37.5. The summed E-state index contributed by atoms with van der Waals surface area (Å²) in [5.74, 6) is -3.79. The zero-order valence-electron chi connectivity index (χ0n) is 20.9. The summed E-state index contributed by atoms with van der Waals surface area (Å²) in [6, 6.07) is 7.02. The Morgan fingerprint density at radius 3 is 1.62 bits per heavy atom. The number of alkyl halides is 2. The van der Waals surface area contributed by atoms with Crippen molar-refractivity contribution in [1.29, 1.82) is 0 Å². The smallest absolute Gasteiger partial charge is 0.405 e. The number of esters is 3. The lowest BCUT2D eigenvalue weighted by molar-refractivity contribution is -0.168. The summed E-state index contributed by atoms with van der Waals surface area (Å²) < 4.78 is 79.9. The van der Waals surface area contributed by atoms with Crippen LogP contribution in [0, 0.1) is 27.3 Å². The number of benzene rings is 2. The van der Waals surface area contributed by atoms with Crippen molar-refractivity contribution in [2.45, 2.75) is 49.8 Å². The van der Waals surface area contributed by atoms with Gasteiger partial charge in [-0.15, -0.1) is 0 Å². The van der Waals surface area contributed by atoms with Gasteiger partial charge in [0.05, 0.1) is 17.0 Å². The van der Waals surface area contributed by atoms with Gasteiger partial charge in [0.1, 0.15) is 12.2 Å². The summed E-state index contributed by atoms with van der Waals surface area (Å²) in [4.78, 5) is 39.3. The Kier molecular flexibility index (Phi) is 13.6. The monoisotopic (exact) mass is 1280 g/mol. The number of halogens is 8. The molecule has 1 saturated carbocycles. The topological polar surface area (TPSA) is 133 Å². The predicted molar refractivity (Wildman–Crippen MR) is 197 cm³/mol. The van der Waals surface area contributed by atoms with Crippen LogP contribution in [0.2, 0.25) is 0 Å². The summed E-state index contributed by atoms with van der Waals surface area (Å²) in [6.07, 6.45) is -4.75. The molecule has 2 aromatic rings. The lowest BCUT2D eigenvalue weighted by atomic mass is 9.85. The molecule has 0 heterocycles. The van der Waals surface area contributed by atoms with Gasteiger partial charge in [-0.25, -0.2) is 9.59 Å². The van der Waals surface area contributed by atoms with Crippen LogP contribution >= 0.6 is 136 Å². The minimum atomic E-state index is -5.87. The van der Waals surface area contributed by atoms with E-state index in [1.807, 2.05) is 57.3 Å². The van der Waals surface area contributed by atoms with E-state index >= 15 is 0 Å². The molecule has 3 unspecified atom stereocenters. The highest BCUT2D eigenvalue weighted by Crippen LogP contribution is 2.35. The number of hydrogen-bond donors (Lipinski definition) is 1. The summed E-state index contributed by atoms with van der Waals surface area (Å²) in [6.45, 7) is 0.630. The molecule has 0 bridgehead atoms. The molecule has 0 radical (unpaired) electrons. The van der Waals surface area contributed by atoms with Gasteiger partial charge in [-0.05, 0) is 180 Å². The molecule has 3 atom stereocenters. The third kappa shape index (κ3) is 9.30. The van der Waals surface area contributed by atoms with Crippen molar-refractivity contribution in [3.8, 4) is 0 Å². The molecule has 18 heteroatoms. The second-order valence-electron chi connectivity index (χ2n) is 9.07. The van der Waals surface area contributed by atoms with Gasteiger partial charge in [-0.2, -0.15) is 17.2 Å². The van der Waals surface area contributed by atoms with Crippen molar-refractivity contribution in [3.63, 3.8) is 0 Å². The van der Waals surface area contributed by atoms with Crippen LogP contribution in [0.25, 0.3) is 0 Å². The van der Waals surface area contributed by atoms with Crippen LogP contribution < -0.4 is 0 Å². The first-order valence-electron chi connectivity index (χ1n) is 11.6. The molecule has 3 rings (SSSR count). The molecule has 0 aromatic heterocycles. The molecule has 0 amide bonds. The Morgan fingerprint density at radius 2 is 1.24 bits per heavy atom. The van der Waals surface area contributed by atoms with E-state index in [0.717, 1.165) is 14.3 Å². The van der Waals surface area contributed by atoms with Crippen molar-refractivity contribution in [2.24, 2.45) is 5.92 Å². The Hall–Kier alpha value is 1.00. The third-order valence-electron chi connectivity index (χ3n) is 6.04. The van der Waals surface area contributed by atoms with Crippen LogP contribution in [0.15, 0.2) is 24.3 Å². The van der Waals surface area contributed by atoms with Crippen LogP contribution in [0.3, 0.4) is 0 Å². The summed E-state index contributed by atoms with van der Waals surface area (Å²) in [7, 11) is -5.87. The van der Waals surface area contributed by atoms with E-state index in [1.54, 1.807) is 12.1 Å². The van der Waals surface area contributed by atoms with Crippen molar-refractivity contribution in [2.75, 3.05) is 0 Å². The van der Waals surface area contributed by atoms with E-state index in [0.29, 0.717) is 14.1 Å². The van der Waals surface area contributed by atoms with E-state index in [2.05, 4.69) is 90.4 Å². The van der Waals surface area contributed by atoms with Crippen molar-refractivity contribution in [1.82, 2.24) is 0 Å². The van der Waals surface area contributed by atoms with Gasteiger partial charge >= 0.3 is 33.3 Å². The molecule has 1 aliphatic carbocycles. The lowest BCUT2D eigenvalue weighted by Gasteiger charge is -2.34. The fourth-order valence-electron chi connectivity index (χ4n) is 3.99. The molecule has 1 fully saturated rings. The van der Waals surface area contributed by atoms with Crippen molar-refractivity contribution >= 4 is 164 Å². The quantitative estimate of drug-likeness (QED) is 0.0953. The molecule has 230 valence electrons. The second kappa shape index (κ2) is 15.3. The first-order chi connectivity index (χ1) is 19.3. The number of ether oxygens (including phenoxy) is 3. The average molecular weight is 1280 g/mol. The molecule has 9 nitrogen and oxygen atoms in total. The highest BCUT2D eigenvalue weighted by molar-refractivity contribution is 14.1. The Morgan fingerprint density at radius 1 is 0.833 bits per heavy atom.